The molecule has 2 atom stereocenters. The molecule has 1 N–H and O–H groups in total. The molecule has 0 saturated carbocycles. The molecule has 0 spiro atoms. The maximum absolute atomic E-state index is 14.1. The molecule has 0 fully saturated rings. The van der Waals surface area contributed by atoms with E-state index in [1.807, 2.05) is 44.2 Å². The molecule has 0 radical (unpaired) electrons. The van der Waals surface area contributed by atoms with Crippen LogP contribution in [0, 0.1) is 6.92 Å². The molecular weight excluding hydrogens is 615 g/mol. The fraction of sp³-hybridized carbons (Fsp3) is 0.375. The van der Waals surface area contributed by atoms with Gasteiger partial charge in [-0.3, -0.25) is 13.9 Å². The maximum atomic E-state index is 14.1. The number of hydrogen-bond donors (Lipinski definition) is 1. The molecule has 0 aliphatic rings. The second kappa shape index (κ2) is 14.9. The zero-order chi connectivity index (χ0) is 32.7. The van der Waals surface area contributed by atoms with Crippen molar-refractivity contribution in [2.24, 2.45) is 0 Å². The lowest BCUT2D eigenvalue weighted by Gasteiger charge is -2.34. The van der Waals surface area contributed by atoms with Crippen LogP contribution in [0.3, 0.4) is 0 Å². The Balaban J connectivity index is 2.10. The van der Waals surface area contributed by atoms with Gasteiger partial charge in [0, 0.05) is 12.6 Å². The predicted octanol–water partition coefficient (Wildman–Crippen LogP) is 6.63. The summed E-state index contributed by atoms with van der Waals surface area (Å²) in [6.45, 7) is 6.44. The molecule has 3 aromatic carbocycles. The van der Waals surface area contributed by atoms with Gasteiger partial charge in [-0.25, -0.2) is 8.42 Å². The first-order chi connectivity index (χ1) is 20.7. The normalized spacial score (nSPS) is 13.2. The van der Waals surface area contributed by atoms with Crippen molar-refractivity contribution in [3.8, 4) is 0 Å². The first-order valence-corrected chi connectivity index (χ1v) is 16.1. The monoisotopic (exact) mass is 651 g/mol. The van der Waals surface area contributed by atoms with Gasteiger partial charge in [-0.15, -0.1) is 0 Å². The zero-order valence-electron chi connectivity index (χ0n) is 25.1. The molecule has 3 rings (SSSR count). The Kier molecular flexibility index (Phi) is 11.9. The molecule has 2 amide bonds. The van der Waals surface area contributed by atoms with Crippen molar-refractivity contribution in [1.29, 1.82) is 0 Å². The smallest absolute Gasteiger partial charge is 0.352 e. The van der Waals surface area contributed by atoms with Crippen LogP contribution in [0.4, 0.5) is 18.9 Å². The Morgan fingerprint density at radius 2 is 1.59 bits per heavy atom. The van der Waals surface area contributed by atoms with Crippen molar-refractivity contribution in [2.75, 3.05) is 17.4 Å². The highest BCUT2D eigenvalue weighted by Gasteiger charge is 2.37. The summed E-state index contributed by atoms with van der Waals surface area (Å²) in [6.07, 6.45) is -3.63. The minimum absolute atomic E-state index is 0.0715. The van der Waals surface area contributed by atoms with Gasteiger partial charge in [0.15, 0.2) is 0 Å². The molecule has 0 unspecified atom stereocenters. The van der Waals surface area contributed by atoms with Crippen LogP contribution in [0.25, 0.3) is 0 Å². The fourth-order valence-corrected chi connectivity index (χ4v) is 6.22. The summed E-state index contributed by atoms with van der Waals surface area (Å²) < 4.78 is 70.0. The first-order valence-electron chi connectivity index (χ1n) is 14.3. The first kappa shape index (κ1) is 34.9. The topological polar surface area (TPSA) is 86.8 Å². The molecule has 0 heterocycles. The minimum Gasteiger partial charge on any atom is -0.352 e. The molecule has 238 valence electrons. The highest BCUT2D eigenvalue weighted by atomic mass is 35.5. The Hall–Kier alpha value is -3.57. The fourth-order valence-electron chi connectivity index (χ4n) is 4.59. The Morgan fingerprint density at radius 3 is 2.16 bits per heavy atom. The molecule has 0 aliphatic heterocycles. The highest BCUT2D eigenvalue weighted by molar-refractivity contribution is 7.92. The molecule has 0 bridgehead atoms. The van der Waals surface area contributed by atoms with Crippen molar-refractivity contribution < 1.29 is 31.2 Å². The van der Waals surface area contributed by atoms with Crippen LogP contribution in [0.5, 0.6) is 0 Å². The number of rotatable bonds is 13. The highest BCUT2D eigenvalue weighted by Crippen LogP contribution is 2.38. The second-order valence-corrected chi connectivity index (χ2v) is 12.8. The standard InChI is InChI=1S/C32H37ClF3N3O4S/c1-5-23(4)37-31(41)29(6-2)38(19-18-24-10-8-7-9-11-24)30(40)21-39(44(42,43)26-15-12-22(3)13-16-26)25-14-17-28(33)27(20-25)32(34,35)36/h7-17,20,23,29H,5-6,18-19,21H2,1-4H3,(H,37,41)/t23-,29-/m0/s1. The molecule has 44 heavy (non-hydrogen) atoms. The quantitative estimate of drug-likeness (QED) is 0.225. The van der Waals surface area contributed by atoms with Gasteiger partial charge in [0.1, 0.15) is 12.6 Å². The second-order valence-electron chi connectivity index (χ2n) is 10.6. The molecule has 12 heteroatoms. The number of alkyl halides is 3. The lowest BCUT2D eigenvalue weighted by molar-refractivity contribution is -0.139. The van der Waals surface area contributed by atoms with Crippen molar-refractivity contribution in [2.45, 2.75) is 70.1 Å². The van der Waals surface area contributed by atoms with E-state index in [2.05, 4.69) is 5.32 Å². The summed E-state index contributed by atoms with van der Waals surface area (Å²) in [5, 5.41) is 2.27. The number of sulfonamides is 1. The van der Waals surface area contributed by atoms with Crippen molar-refractivity contribution in [3.05, 3.63) is 94.5 Å². The third-order valence-corrected chi connectivity index (χ3v) is 9.42. The average molecular weight is 652 g/mol. The van der Waals surface area contributed by atoms with E-state index >= 15 is 0 Å². The van der Waals surface area contributed by atoms with Gasteiger partial charge in [0.05, 0.1) is 21.2 Å². The molecule has 0 aromatic heterocycles. The van der Waals surface area contributed by atoms with E-state index in [4.69, 9.17) is 11.6 Å². The summed E-state index contributed by atoms with van der Waals surface area (Å²) in [5.41, 5.74) is 0.0195. The molecule has 0 aliphatic carbocycles. The largest absolute Gasteiger partial charge is 0.417 e. The number of nitrogens with one attached hydrogen (secondary N) is 1. The average Bonchev–Trinajstić information content (AvgIpc) is 2.98. The SMILES string of the molecule is CC[C@H](C)NC(=O)[C@H](CC)N(CCc1ccccc1)C(=O)CN(c1ccc(Cl)c(C(F)(F)F)c1)S(=O)(=O)c1ccc(C)cc1. The number of benzene rings is 3. The maximum Gasteiger partial charge on any atom is 0.417 e. The number of carbonyl (C=O) groups excluding carboxylic acids is 2. The lowest BCUT2D eigenvalue weighted by Crippen LogP contribution is -2.54. The number of aryl methyl sites for hydroxylation is 1. The van der Waals surface area contributed by atoms with Gasteiger partial charge in [-0.2, -0.15) is 13.2 Å². The van der Waals surface area contributed by atoms with Crippen LogP contribution in [-0.2, 0) is 32.2 Å². The number of hydrogen-bond acceptors (Lipinski definition) is 4. The van der Waals surface area contributed by atoms with Crippen LogP contribution < -0.4 is 9.62 Å². The van der Waals surface area contributed by atoms with E-state index in [1.54, 1.807) is 26.0 Å². The Labute approximate surface area is 262 Å². The summed E-state index contributed by atoms with van der Waals surface area (Å²) in [6, 6.07) is 16.6. The summed E-state index contributed by atoms with van der Waals surface area (Å²) in [7, 11) is -4.54. The number of nitrogens with zero attached hydrogens (tertiary/aromatic N) is 2. The Bertz CT molecular complexity index is 1530. The van der Waals surface area contributed by atoms with E-state index in [-0.39, 0.29) is 23.9 Å². The third kappa shape index (κ3) is 8.75. The zero-order valence-corrected chi connectivity index (χ0v) is 26.6. The van der Waals surface area contributed by atoms with E-state index in [0.29, 0.717) is 23.2 Å². The van der Waals surface area contributed by atoms with Crippen molar-refractivity contribution in [3.63, 3.8) is 0 Å². The van der Waals surface area contributed by atoms with Crippen LogP contribution in [-0.4, -0.2) is 50.3 Å². The number of halogens is 4. The van der Waals surface area contributed by atoms with Crippen molar-refractivity contribution >= 4 is 39.1 Å². The summed E-state index contributed by atoms with van der Waals surface area (Å²) >= 11 is 5.83. The number of anilines is 1. The molecule has 3 aromatic rings. The van der Waals surface area contributed by atoms with E-state index < -0.39 is 56.9 Å². The number of carbonyl (C=O) groups is 2. The van der Waals surface area contributed by atoms with Crippen LogP contribution in [0.15, 0.2) is 77.7 Å². The van der Waals surface area contributed by atoms with Gasteiger partial charge in [0.25, 0.3) is 10.0 Å². The summed E-state index contributed by atoms with van der Waals surface area (Å²) in [5.74, 6) is -1.15. The van der Waals surface area contributed by atoms with Crippen LogP contribution >= 0.6 is 11.6 Å². The third-order valence-electron chi connectivity index (χ3n) is 7.30. The van der Waals surface area contributed by atoms with E-state index in [0.717, 1.165) is 23.3 Å². The Morgan fingerprint density at radius 1 is 0.955 bits per heavy atom. The molecular formula is C32H37ClF3N3O4S. The molecule has 0 saturated heterocycles. The van der Waals surface area contributed by atoms with E-state index in [9.17, 15) is 31.2 Å². The van der Waals surface area contributed by atoms with Gasteiger partial charge < -0.3 is 10.2 Å². The van der Waals surface area contributed by atoms with Gasteiger partial charge in [-0.05, 0) is 69.0 Å². The van der Waals surface area contributed by atoms with Crippen LogP contribution in [0.2, 0.25) is 5.02 Å². The molecule has 7 nitrogen and oxygen atoms in total. The summed E-state index contributed by atoms with van der Waals surface area (Å²) in [4.78, 5) is 28.5. The van der Waals surface area contributed by atoms with Crippen LogP contribution in [0.1, 0.15) is 50.3 Å². The van der Waals surface area contributed by atoms with Gasteiger partial charge >= 0.3 is 6.18 Å². The van der Waals surface area contributed by atoms with Gasteiger partial charge in [0.2, 0.25) is 11.8 Å². The lowest BCUT2D eigenvalue weighted by atomic mass is 10.1. The number of amides is 2. The van der Waals surface area contributed by atoms with Gasteiger partial charge in [-0.1, -0.05) is 73.5 Å². The predicted molar refractivity (Wildman–Crippen MR) is 166 cm³/mol. The minimum atomic E-state index is -4.88. The van der Waals surface area contributed by atoms with Crippen molar-refractivity contribution in [1.82, 2.24) is 10.2 Å². The van der Waals surface area contributed by atoms with E-state index in [1.165, 1.54) is 17.0 Å².